The molecular weight excluding hydrogens is 224 g/mol. The fourth-order valence-corrected chi connectivity index (χ4v) is 4.21. The lowest BCUT2D eigenvalue weighted by Gasteiger charge is -2.53. The van der Waals surface area contributed by atoms with Crippen LogP contribution in [0.2, 0.25) is 0 Å². The van der Waals surface area contributed by atoms with Crippen molar-refractivity contribution in [2.45, 2.75) is 58.1 Å². The zero-order valence-corrected chi connectivity index (χ0v) is 12.5. The van der Waals surface area contributed by atoms with Crippen molar-refractivity contribution in [3.8, 4) is 0 Å². The third kappa shape index (κ3) is 2.89. The van der Waals surface area contributed by atoms with Crippen molar-refractivity contribution in [3.63, 3.8) is 0 Å². The average Bonchev–Trinajstić information content (AvgIpc) is 2.26. The molecule has 1 heterocycles. The Kier molecular flexibility index (Phi) is 4.05. The Labute approximate surface area is 112 Å². The average molecular weight is 254 g/mol. The van der Waals surface area contributed by atoms with Crippen LogP contribution in [0.3, 0.4) is 0 Å². The lowest BCUT2D eigenvalue weighted by molar-refractivity contribution is -0.127. The van der Waals surface area contributed by atoms with Gasteiger partial charge in [-0.25, -0.2) is 0 Å². The van der Waals surface area contributed by atoms with Crippen molar-refractivity contribution in [1.29, 1.82) is 0 Å². The molecule has 3 heteroatoms. The van der Waals surface area contributed by atoms with Gasteiger partial charge in [-0.05, 0) is 44.9 Å². The number of morpholine rings is 1. The monoisotopic (exact) mass is 254 g/mol. The summed E-state index contributed by atoms with van der Waals surface area (Å²) < 4.78 is 5.85. The Morgan fingerprint density at radius 1 is 1.22 bits per heavy atom. The van der Waals surface area contributed by atoms with E-state index in [0.717, 1.165) is 38.1 Å². The SMILES string of the molecule is CC1CC(C)CC(CN)(N2CCOC(C)(C)C2)C1. The molecule has 18 heavy (non-hydrogen) atoms. The van der Waals surface area contributed by atoms with Gasteiger partial charge in [-0.3, -0.25) is 4.90 Å². The van der Waals surface area contributed by atoms with E-state index in [1.165, 1.54) is 19.3 Å². The Morgan fingerprint density at radius 2 is 1.83 bits per heavy atom. The van der Waals surface area contributed by atoms with Crippen molar-refractivity contribution < 1.29 is 4.74 Å². The van der Waals surface area contributed by atoms with Crippen LogP contribution in [-0.2, 0) is 4.74 Å². The van der Waals surface area contributed by atoms with E-state index in [2.05, 4.69) is 32.6 Å². The number of ether oxygens (including phenoxy) is 1. The molecule has 106 valence electrons. The van der Waals surface area contributed by atoms with Gasteiger partial charge in [-0.15, -0.1) is 0 Å². The molecule has 2 N–H and O–H groups in total. The van der Waals surface area contributed by atoms with Gasteiger partial charge in [0.2, 0.25) is 0 Å². The van der Waals surface area contributed by atoms with Gasteiger partial charge >= 0.3 is 0 Å². The van der Waals surface area contributed by atoms with Gasteiger partial charge in [0.05, 0.1) is 12.2 Å². The minimum absolute atomic E-state index is 0.0235. The zero-order chi connectivity index (χ0) is 13.4. The van der Waals surface area contributed by atoms with Crippen LogP contribution in [0.15, 0.2) is 0 Å². The van der Waals surface area contributed by atoms with Gasteiger partial charge in [0.25, 0.3) is 0 Å². The van der Waals surface area contributed by atoms with Gasteiger partial charge in [0, 0.05) is 25.2 Å². The van der Waals surface area contributed by atoms with Gasteiger partial charge in [-0.1, -0.05) is 13.8 Å². The zero-order valence-electron chi connectivity index (χ0n) is 12.5. The molecule has 1 aliphatic carbocycles. The highest BCUT2D eigenvalue weighted by Gasteiger charge is 2.44. The van der Waals surface area contributed by atoms with Crippen LogP contribution in [0.4, 0.5) is 0 Å². The highest BCUT2D eigenvalue weighted by Crippen LogP contribution is 2.40. The Bertz CT molecular complexity index is 280. The summed E-state index contributed by atoms with van der Waals surface area (Å²) in [6, 6.07) is 0. The lowest BCUT2D eigenvalue weighted by atomic mass is 9.70. The van der Waals surface area contributed by atoms with E-state index in [0.29, 0.717) is 0 Å². The topological polar surface area (TPSA) is 38.5 Å². The largest absolute Gasteiger partial charge is 0.373 e. The van der Waals surface area contributed by atoms with Crippen LogP contribution in [0.5, 0.6) is 0 Å². The van der Waals surface area contributed by atoms with Crippen molar-refractivity contribution in [1.82, 2.24) is 4.90 Å². The molecule has 0 bridgehead atoms. The maximum atomic E-state index is 6.20. The summed E-state index contributed by atoms with van der Waals surface area (Å²) in [5.41, 5.74) is 6.40. The van der Waals surface area contributed by atoms with E-state index in [9.17, 15) is 0 Å². The highest BCUT2D eigenvalue weighted by molar-refractivity contribution is 5.00. The predicted molar refractivity (Wildman–Crippen MR) is 75.6 cm³/mol. The molecule has 0 amide bonds. The number of hydrogen-bond donors (Lipinski definition) is 1. The number of nitrogens with zero attached hydrogens (tertiary/aromatic N) is 1. The molecule has 2 atom stereocenters. The number of rotatable bonds is 2. The predicted octanol–water partition coefficient (Wildman–Crippen LogP) is 2.25. The van der Waals surface area contributed by atoms with Crippen LogP contribution < -0.4 is 5.73 Å². The van der Waals surface area contributed by atoms with Crippen molar-refractivity contribution >= 4 is 0 Å². The van der Waals surface area contributed by atoms with Gasteiger partial charge in [0.15, 0.2) is 0 Å². The molecule has 1 saturated heterocycles. The maximum Gasteiger partial charge on any atom is 0.0753 e. The normalized spacial score (nSPS) is 41.8. The summed E-state index contributed by atoms with van der Waals surface area (Å²) in [6.07, 6.45) is 3.86. The molecule has 1 aliphatic heterocycles. The van der Waals surface area contributed by atoms with Crippen LogP contribution in [0, 0.1) is 11.8 Å². The summed E-state index contributed by atoms with van der Waals surface area (Å²) in [7, 11) is 0. The van der Waals surface area contributed by atoms with E-state index in [4.69, 9.17) is 10.5 Å². The summed E-state index contributed by atoms with van der Waals surface area (Å²) in [4.78, 5) is 2.63. The molecule has 3 nitrogen and oxygen atoms in total. The highest BCUT2D eigenvalue weighted by atomic mass is 16.5. The lowest BCUT2D eigenvalue weighted by Crippen LogP contribution is -2.63. The van der Waals surface area contributed by atoms with Gasteiger partial charge < -0.3 is 10.5 Å². The number of nitrogens with two attached hydrogens (primary N) is 1. The van der Waals surface area contributed by atoms with Gasteiger partial charge in [0.1, 0.15) is 0 Å². The Hall–Kier alpha value is -0.120. The maximum absolute atomic E-state index is 6.20. The van der Waals surface area contributed by atoms with Gasteiger partial charge in [-0.2, -0.15) is 0 Å². The Morgan fingerprint density at radius 3 is 2.33 bits per heavy atom. The van der Waals surface area contributed by atoms with Crippen LogP contribution in [0.1, 0.15) is 47.0 Å². The Balaban J connectivity index is 2.15. The van der Waals surface area contributed by atoms with Crippen molar-refractivity contribution in [3.05, 3.63) is 0 Å². The fourth-order valence-electron chi connectivity index (χ4n) is 4.21. The molecule has 0 radical (unpaired) electrons. The molecule has 0 aromatic heterocycles. The smallest absolute Gasteiger partial charge is 0.0753 e. The molecule has 2 aliphatic rings. The summed E-state index contributed by atoms with van der Waals surface area (Å²) in [5, 5.41) is 0. The van der Waals surface area contributed by atoms with E-state index in [1.807, 2.05) is 0 Å². The summed E-state index contributed by atoms with van der Waals surface area (Å²) in [6.45, 7) is 12.8. The van der Waals surface area contributed by atoms with Crippen LogP contribution in [-0.4, -0.2) is 42.3 Å². The molecule has 2 rings (SSSR count). The molecule has 0 aromatic carbocycles. The summed E-state index contributed by atoms with van der Waals surface area (Å²) in [5.74, 6) is 1.59. The molecular formula is C15H30N2O. The molecule has 1 saturated carbocycles. The van der Waals surface area contributed by atoms with Crippen LogP contribution in [0.25, 0.3) is 0 Å². The summed E-state index contributed by atoms with van der Waals surface area (Å²) >= 11 is 0. The minimum atomic E-state index is -0.0235. The fraction of sp³-hybridized carbons (Fsp3) is 1.00. The first-order valence-electron chi connectivity index (χ1n) is 7.46. The third-order valence-corrected chi connectivity index (χ3v) is 4.74. The molecule has 0 aromatic rings. The van der Waals surface area contributed by atoms with E-state index in [-0.39, 0.29) is 11.1 Å². The standard InChI is InChI=1S/C15H30N2O/c1-12-7-13(2)9-15(8-12,10-16)17-5-6-18-14(3,4)11-17/h12-13H,5-11,16H2,1-4H3. The first-order chi connectivity index (χ1) is 8.37. The minimum Gasteiger partial charge on any atom is -0.373 e. The second-order valence-corrected chi connectivity index (χ2v) is 7.31. The quantitative estimate of drug-likeness (QED) is 0.821. The molecule has 2 unspecified atom stereocenters. The van der Waals surface area contributed by atoms with E-state index < -0.39 is 0 Å². The van der Waals surface area contributed by atoms with E-state index in [1.54, 1.807) is 0 Å². The second kappa shape index (κ2) is 5.10. The van der Waals surface area contributed by atoms with E-state index >= 15 is 0 Å². The first kappa shape index (κ1) is 14.3. The molecule has 0 spiro atoms. The van der Waals surface area contributed by atoms with Crippen molar-refractivity contribution in [2.24, 2.45) is 17.6 Å². The van der Waals surface area contributed by atoms with Crippen molar-refractivity contribution in [2.75, 3.05) is 26.2 Å². The first-order valence-corrected chi connectivity index (χ1v) is 7.46. The number of hydrogen-bond acceptors (Lipinski definition) is 3. The van der Waals surface area contributed by atoms with Crippen LogP contribution >= 0.6 is 0 Å². The third-order valence-electron chi connectivity index (χ3n) is 4.74. The second-order valence-electron chi connectivity index (χ2n) is 7.31. The molecule has 2 fully saturated rings.